The van der Waals surface area contributed by atoms with Crippen molar-refractivity contribution in [1.82, 2.24) is 9.80 Å². The van der Waals surface area contributed by atoms with Crippen molar-refractivity contribution in [1.29, 1.82) is 0 Å². The maximum Gasteiger partial charge on any atom is 0.225 e. The molecule has 0 aromatic rings. The smallest absolute Gasteiger partial charge is 0.225 e. The Labute approximate surface area is 134 Å². The number of likely N-dealkylation sites (tertiary alicyclic amines) is 1. The second-order valence-corrected chi connectivity index (χ2v) is 8.02. The van der Waals surface area contributed by atoms with Crippen LogP contribution >= 0.6 is 0 Å². The number of carbonyl (C=O) groups excluding carboxylic acids is 1. The highest BCUT2D eigenvalue weighted by atomic mass is 16.3. The summed E-state index contributed by atoms with van der Waals surface area (Å²) in [6.07, 6.45) is 8.88. The lowest BCUT2D eigenvalue weighted by molar-refractivity contribution is -0.138. The fourth-order valence-corrected chi connectivity index (χ4v) is 4.96. The molecule has 1 amide bonds. The first-order chi connectivity index (χ1) is 10.5. The Kier molecular flexibility index (Phi) is 4.79. The third-order valence-corrected chi connectivity index (χ3v) is 6.05. The van der Waals surface area contributed by atoms with Crippen molar-refractivity contribution in [2.24, 2.45) is 0 Å². The topological polar surface area (TPSA) is 43.8 Å². The molecule has 1 aliphatic carbocycles. The van der Waals surface area contributed by atoms with Crippen LogP contribution in [0.5, 0.6) is 0 Å². The van der Waals surface area contributed by atoms with E-state index in [2.05, 4.69) is 18.7 Å². The zero-order chi connectivity index (χ0) is 15.7. The van der Waals surface area contributed by atoms with Gasteiger partial charge >= 0.3 is 0 Å². The largest absolute Gasteiger partial charge is 0.389 e. The number of hydrogen-bond acceptors (Lipinski definition) is 3. The van der Waals surface area contributed by atoms with Crippen molar-refractivity contribution >= 4 is 5.91 Å². The molecule has 2 heterocycles. The summed E-state index contributed by atoms with van der Waals surface area (Å²) in [6, 6.07) is 1.74. The van der Waals surface area contributed by atoms with E-state index in [1.807, 2.05) is 4.90 Å². The molecule has 0 aromatic carbocycles. The lowest BCUT2D eigenvalue weighted by Crippen LogP contribution is -2.46. The molecule has 2 bridgehead atoms. The van der Waals surface area contributed by atoms with Crippen molar-refractivity contribution in [2.75, 3.05) is 13.1 Å². The van der Waals surface area contributed by atoms with E-state index in [1.54, 1.807) is 0 Å². The molecule has 3 rings (SSSR count). The molecule has 4 nitrogen and oxygen atoms in total. The van der Waals surface area contributed by atoms with E-state index in [-0.39, 0.29) is 5.91 Å². The normalized spacial score (nSPS) is 32.3. The Bertz CT molecular complexity index is 404. The molecular weight excluding hydrogens is 276 g/mol. The van der Waals surface area contributed by atoms with E-state index >= 15 is 0 Å². The summed E-state index contributed by atoms with van der Waals surface area (Å²) in [5.74, 6) is 0.181. The summed E-state index contributed by atoms with van der Waals surface area (Å²) in [7, 11) is 0. The maximum atomic E-state index is 12.7. The fraction of sp³-hybridized carbons (Fsp3) is 0.944. The molecular formula is C18H32N2O2. The van der Waals surface area contributed by atoms with Gasteiger partial charge in [0.2, 0.25) is 5.91 Å². The average Bonchev–Trinajstić information content (AvgIpc) is 2.73. The predicted octanol–water partition coefficient (Wildman–Crippen LogP) is 2.55. The second kappa shape index (κ2) is 6.48. The van der Waals surface area contributed by atoms with Crippen LogP contribution in [-0.2, 0) is 4.79 Å². The SMILES string of the molecule is CC(C)N1C2CCC1CN(C(=O)CC1(O)CCCCC1)CC2. The Balaban J connectivity index is 1.62. The van der Waals surface area contributed by atoms with Crippen LogP contribution in [0.4, 0.5) is 0 Å². The molecule has 0 radical (unpaired) electrons. The summed E-state index contributed by atoms with van der Waals surface area (Å²) in [6.45, 7) is 6.28. The predicted molar refractivity (Wildman–Crippen MR) is 87.6 cm³/mol. The minimum atomic E-state index is -0.724. The summed E-state index contributed by atoms with van der Waals surface area (Å²) in [5, 5.41) is 10.7. The van der Waals surface area contributed by atoms with Gasteiger partial charge in [0.05, 0.1) is 12.0 Å². The number of nitrogens with zero attached hydrogens (tertiary/aromatic N) is 2. The van der Waals surface area contributed by atoms with Crippen LogP contribution in [0.25, 0.3) is 0 Å². The molecule has 3 fully saturated rings. The van der Waals surface area contributed by atoms with Gasteiger partial charge in [-0.05, 0) is 46.0 Å². The Morgan fingerprint density at radius 2 is 1.82 bits per heavy atom. The molecule has 2 unspecified atom stereocenters. The highest BCUT2D eigenvalue weighted by Crippen LogP contribution is 2.34. The third kappa shape index (κ3) is 3.33. The summed E-state index contributed by atoms with van der Waals surface area (Å²) >= 11 is 0. The number of rotatable bonds is 3. The van der Waals surface area contributed by atoms with Crippen molar-refractivity contribution < 1.29 is 9.90 Å². The van der Waals surface area contributed by atoms with E-state index in [1.165, 1.54) is 19.3 Å². The molecule has 22 heavy (non-hydrogen) atoms. The molecule has 4 heteroatoms. The van der Waals surface area contributed by atoms with E-state index in [0.29, 0.717) is 24.5 Å². The second-order valence-electron chi connectivity index (χ2n) is 8.02. The van der Waals surface area contributed by atoms with Gasteiger partial charge in [0.1, 0.15) is 0 Å². The average molecular weight is 308 g/mol. The minimum Gasteiger partial charge on any atom is -0.389 e. The third-order valence-electron chi connectivity index (χ3n) is 6.05. The van der Waals surface area contributed by atoms with Gasteiger partial charge in [0.15, 0.2) is 0 Å². The van der Waals surface area contributed by atoms with Gasteiger partial charge in [-0.3, -0.25) is 9.69 Å². The lowest BCUT2D eigenvalue weighted by Gasteiger charge is -2.35. The first kappa shape index (κ1) is 16.3. The molecule has 3 aliphatic rings. The number of fused-ring (bicyclic) bond motifs is 2. The molecule has 2 aliphatic heterocycles. The molecule has 1 saturated carbocycles. The summed E-state index contributed by atoms with van der Waals surface area (Å²) < 4.78 is 0. The Morgan fingerprint density at radius 1 is 1.14 bits per heavy atom. The summed E-state index contributed by atoms with van der Waals surface area (Å²) in [4.78, 5) is 17.4. The molecule has 0 spiro atoms. The van der Waals surface area contributed by atoms with Gasteiger partial charge in [-0.1, -0.05) is 19.3 Å². The number of carbonyl (C=O) groups is 1. The quantitative estimate of drug-likeness (QED) is 0.871. The monoisotopic (exact) mass is 308 g/mol. The van der Waals surface area contributed by atoms with Crippen molar-refractivity contribution in [3.05, 3.63) is 0 Å². The van der Waals surface area contributed by atoms with Crippen LogP contribution in [0.15, 0.2) is 0 Å². The zero-order valence-corrected chi connectivity index (χ0v) is 14.3. The highest BCUT2D eigenvalue weighted by Gasteiger charge is 2.41. The van der Waals surface area contributed by atoms with Crippen LogP contribution in [-0.4, -0.2) is 57.6 Å². The van der Waals surface area contributed by atoms with Crippen molar-refractivity contribution in [3.8, 4) is 0 Å². The van der Waals surface area contributed by atoms with Gasteiger partial charge in [-0.2, -0.15) is 0 Å². The van der Waals surface area contributed by atoms with Crippen LogP contribution in [0.3, 0.4) is 0 Å². The van der Waals surface area contributed by atoms with Gasteiger partial charge in [-0.25, -0.2) is 0 Å². The van der Waals surface area contributed by atoms with E-state index < -0.39 is 5.60 Å². The van der Waals surface area contributed by atoms with Crippen LogP contribution in [0.1, 0.15) is 71.6 Å². The van der Waals surface area contributed by atoms with Gasteiger partial charge < -0.3 is 10.0 Å². The first-order valence-corrected chi connectivity index (χ1v) is 9.26. The van der Waals surface area contributed by atoms with E-state index in [4.69, 9.17) is 0 Å². The number of aliphatic hydroxyl groups is 1. The number of amides is 1. The molecule has 0 aromatic heterocycles. The fourth-order valence-electron chi connectivity index (χ4n) is 4.96. The maximum absolute atomic E-state index is 12.7. The standard InChI is InChI=1S/C18H32N2O2/c1-14(2)20-15-6-7-16(20)13-19(11-8-15)17(21)12-18(22)9-4-3-5-10-18/h14-16,22H,3-13H2,1-2H3. The van der Waals surface area contributed by atoms with Crippen molar-refractivity contribution in [2.45, 2.75) is 95.4 Å². The molecule has 126 valence electrons. The highest BCUT2D eigenvalue weighted by molar-refractivity contribution is 5.77. The molecule has 1 N–H and O–H groups in total. The van der Waals surface area contributed by atoms with E-state index in [9.17, 15) is 9.90 Å². The summed E-state index contributed by atoms with van der Waals surface area (Å²) in [5.41, 5.74) is -0.724. The Hall–Kier alpha value is -0.610. The molecule has 2 saturated heterocycles. The van der Waals surface area contributed by atoms with Crippen molar-refractivity contribution in [3.63, 3.8) is 0 Å². The lowest BCUT2D eigenvalue weighted by atomic mass is 9.82. The van der Waals surface area contributed by atoms with Gasteiger partial charge in [-0.15, -0.1) is 0 Å². The van der Waals surface area contributed by atoms with Crippen LogP contribution in [0.2, 0.25) is 0 Å². The van der Waals surface area contributed by atoms with Crippen LogP contribution in [0, 0.1) is 0 Å². The van der Waals surface area contributed by atoms with Gasteiger partial charge in [0, 0.05) is 31.2 Å². The zero-order valence-electron chi connectivity index (χ0n) is 14.3. The first-order valence-electron chi connectivity index (χ1n) is 9.26. The number of hydrogen-bond donors (Lipinski definition) is 1. The molecule has 2 atom stereocenters. The Morgan fingerprint density at radius 3 is 2.50 bits per heavy atom. The minimum absolute atomic E-state index is 0.181. The van der Waals surface area contributed by atoms with E-state index in [0.717, 1.165) is 45.2 Å². The van der Waals surface area contributed by atoms with Crippen LogP contribution < -0.4 is 0 Å². The van der Waals surface area contributed by atoms with Gasteiger partial charge in [0.25, 0.3) is 0 Å².